The maximum absolute atomic E-state index is 12.7. The second-order valence-corrected chi connectivity index (χ2v) is 5.58. The molecule has 0 aliphatic heterocycles. The number of hydrogen-bond donors (Lipinski definition) is 1. The molecule has 2 aromatic heterocycles. The first-order valence-electron chi connectivity index (χ1n) is 6.60. The number of fused-ring (bicyclic) bond motifs is 1. The molecule has 2 heterocycles. The van der Waals surface area contributed by atoms with E-state index in [2.05, 4.69) is 14.7 Å². The van der Waals surface area contributed by atoms with E-state index in [-0.39, 0.29) is 6.42 Å². The monoisotopic (exact) mass is 337 g/mol. The highest BCUT2D eigenvalue weighted by atomic mass is 32.1. The van der Waals surface area contributed by atoms with Crippen molar-refractivity contribution in [3.63, 3.8) is 0 Å². The normalized spacial score (nSPS) is 11.6. The van der Waals surface area contributed by atoms with Gasteiger partial charge in [0.25, 0.3) is 0 Å². The zero-order valence-electron chi connectivity index (χ0n) is 11.6. The third-order valence-corrected chi connectivity index (χ3v) is 3.90. The van der Waals surface area contributed by atoms with Gasteiger partial charge in [-0.2, -0.15) is 17.5 Å². The van der Waals surface area contributed by atoms with Gasteiger partial charge in [-0.1, -0.05) is 18.2 Å². The van der Waals surface area contributed by atoms with Crippen molar-refractivity contribution in [1.82, 2.24) is 9.36 Å². The third kappa shape index (κ3) is 3.48. The minimum Gasteiger partial charge on any atom is -0.316 e. The fourth-order valence-corrected chi connectivity index (χ4v) is 2.83. The molecular weight excluding hydrogens is 327 g/mol. The number of halogens is 3. The van der Waals surface area contributed by atoms with Crippen LogP contribution in [0.1, 0.15) is 11.1 Å². The van der Waals surface area contributed by atoms with Crippen LogP contribution in [0.5, 0.6) is 0 Å². The summed E-state index contributed by atoms with van der Waals surface area (Å²) in [4.78, 5) is 16.1. The molecule has 3 aromatic rings. The highest BCUT2D eigenvalue weighted by molar-refractivity contribution is 7.12. The van der Waals surface area contributed by atoms with Crippen LogP contribution in [-0.2, 0) is 17.4 Å². The molecular formula is C15H10F3N3OS. The van der Waals surface area contributed by atoms with Crippen LogP contribution < -0.4 is 5.32 Å². The summed E-state index contributed by atoms with van der Waals surface area (Å²) >= 11 is 1.08. The highest BCUT2D eigenvalue weighted by Crippen LogP contribution is 2.30. The van der Waals surface area contributed by atoms with Gasteiger partial charge in [-0.25, -0.2) is 4.98 Å². The number of nitrogens with zero attached hydrogens (tertiary/aromatic N) is 2. The van der Waals surface area contributed by atoms with Crippen molar-refractivity contribution in [2.75, 3.05) is 5.32 Å². The molecule has 0 unspecified atom stereocenters. The predicted octanol–water partition coefficient (Wildman–Crippen LogP) is 3.89. The van der Waals surface area contributed by atoms with Gasteiger partial charge in [0.05, 0.1) is 17.4 Å². The van der Waals surface area contributed by atoms with Crippen molar-refractivity contribution in [2.24, 2.45) is 0 Å². The van der Waals surface area contributed by atoms with Crippen molar-refractivity contribution in [3.8, 4) is 0 Å². The maximum atomic E-state index is 12.7. The minimum atomic E-state index is -4.42. The molecule has 0 radical (unpaired) electrons. The molecule has 4 nitrogen and oxygen atoms in total. The maximum Gasteiger partial charge on any atom is 0.416 e. The summed E-state index contributed by atoms with van der Waals surface area (Å²) in [5, 5.41) is 3.90. The van der Waals surface area contributed by atoms with Crippen LogP contribution in [-0.4, -0.2) is 15.3 Å². The molecule has 0 aliphatic rings. The van der Waals surface area contributed by atoms with Gasteiger partial charge >= 0.3 is 6.18 Å². The van der Waals surface area contributed by atoms with Crippen molar-refractivity contribution >= 4 is 33.5 Å². The van der Waals surface area contributed by atoms with Gasteiger partial charge in [-0.05, 0) is 35.3 Å². The van der Waals surface area contributed by atoms with E-state index in [1.54, 1.807) is 18.3 Å². The smallest absolute Gasteiger partial charge is 0.316 e. The Bertz CT molecular complexity index is 860. The molecule has 1 aromatic carbocycles. The van der Waals surface area contributed by atoms with Crippen molar-refractivity contribution in [1.29, 1.82) is 0 Å². The summed E-state index contributed by atoms with van der Waals surface area (Å²) in [6, 6.07) is 8.22. The molecule has 0 aliphatic carbocycles. The number of benzene rings is 1. The zero-order valence-corrected chi connectivity index (χ0v) is 12.4. The van der Waals surface area contributed by atoms with E-state index in [1.165, 1.54) is 12.1 Å². The standard InChI is InChI=1S/C15H10F3N3OS/c16-15(17,18)10-4-1-3-9(7-10)8-12(22)20-14-11-5-2-6-19-13(11)21-23-14/h1-7H,8H2,(H,20,22). The first-order valence-corrected chi connectivity index (χ1v) is 7.37. The number of hydrogen-bond acceptors (Lipinski definition) is 4. The molecule has 3 rings (SSSR count). The Morgan fingerprint density at radius 2 is 2.04 bits per heavy atom. The SMILES string of the molecule is O=C(Cc1cccc(C(F)(F)F)c1)Nc1snc2ncccc12. The summed E-state index contributed by atoms with van der Waals surface area (Å²) in [5.74, 6) is -0.404. The number of carbonyl (C=O) groups is 1. The molecule has 0 fully saturated rings. The second kappa shape index (κ2) is 5.96. The lowest BCUT2D eigenvalue weighted by Crippen LogP contribution is -2.14. The highest BCUT2D eigenvalue weighted by Gasteiger charge is 2.30. The Labute approximate surface area is 133 Å². The van der Waals surface area contributed by atoms with Gasteiger partial charge in [-0.3, -0.25) is 4.79 Å². The van der Waals surface area contributed by atoms with Gasteiger partial charge in [0.1, 0.15) is 5.00 Å². The molecule has 118 valence electrons. The van der Waals surface area contributed by atoms with Gasteiger partial charge in [-0.15, -0.1) is 0 Å². The summed E-state index contributed by atoms with van der Waals surface area (Å²) < 4.78 is 42.1. The van der Waals surface area contributed by atoms with E-state index in [4.69, 9.17) is 0 Å². The topological polar surface area (TPSA) is 54.9 Å². The predicted molar refractivity (Wildman–Crippen MR) is 81.2 cm³/mol. The molecule has 8 heteroatoms. The van der Waals surface area contributed by atoms with Crippen molar-refractivity contribution in [3.05, 3.63) is 53.7 Å². The number of alkyl halides is 3. The van der Waals surface area contributed by atoms with Gasteiger partial charge < -0.3 is 5.32 Å². The van der Waals surface area contributed by atoms with E-state index in [1.807, 2.05) is 0 Å². The van der Waals surface area contributed by atoms with Crippen LogP contribution >= 0.6 is 11.5 Å². The molecule has 0 bridgehead atoms. The fourth-order valence-electron chi connectivity index (χ4n) is 2.09. The molecule has 0 atom stereocenters. The number of amides is 1. The van der Waals surface area contributed by atoms with E-state index < -0.39 is 17.6 Å². The lowest BCUT2D eigenvalue weighted by molar-refractivity contribution is -0.137. The number of pyridine rings is 1. The van der Waals surface area contributed by atoms with Crippen LogP contribution in [0.3, 0.4) is 0 Å². The first kappa shape index (κ1) is 15.4. The Morgan fingerprint density at radius 3 is 2.83 bits per heavy atom. The third-order valence-electron chi connectivity index (χ3n) is 3.13. The van der Waals surface area contributed by atoms with Gasteiger partial charge in [0.2, 0.25) is 5.91 Å². The number of aromatic nitrogens is 2. The fraction of sp³-hybridized carbons (Fsp3) is 0.133. The van der Waals surface area contributed by atoms with Gasteiger partial charge in [0.15, 0.2) is 5.65 Å². The zero-order chi connectivity index (χ0) is 16.4. The number of anilines is 1. The van der Waals surface area contributed by atoms with E-state index in [9.17, 15) is 18.0 Å². The lowest BCUT2D eigenvalue weighted by atomic mass is 10.1. The summed E-state index contributed by atoms with van der Waals surface area (Å²) in [5.41, 5.74) is 0.0476. The Kier molecular flexibility index (Phi) is 3.99. The molecule has 0 saturated heterocycles. The summed E-state index contributed by atoms with van der Waals surface area (Å²) in [6.07, 6.45) is -2.98. The summed E-state index contributed by atoms with van der Waals surface area (Å²) in [7, 11) is 0. The average Bonchev–Trinajstić information content (AvgIpc) is 2.90. The quantitative estimate of drug-likeness (QED) is 0.789. The molecule has 0 saturated carbocycles. The van der Waals surface area contributed by atoms with E-state index in [0.29, 0.717) is 21.6 Å². The van der Waals surface area contributed by atoms with Crippen LogP contribution in [0, 0.1) is 0 Å². The van der Waals surface area contributed by atoms with E-state index in [0.717, 1.165) is 23.7 Å². The molecule has 23 heavy (non-hydrogen) atoms. The Morgan fingerprint density at radius 1 is 1.22 bits per heavy atom. The van der Waals surface area contributed by atoms with E-state index >= 15 is 0 Å². The first-order chi connectivity index (χ1) is 10.9. The van der Waals surface area contributed by atoms with Crippen molar-refractivity contribution < 1.29 is 18.0 Å². The Hall–Kier alpha value is -2.48. The van der Waals surface area contributed by atoms with Gasteiger partial charge in [0, 0.05) is 6.20 Å². The minimum absolute atomic E-state index is 0.149. The second-order valence-electron chi connectivity index (χ2n) is 4.81. The largest absolute Gasteiger partial charge is 0.416 e. The molecule has 0 spiro atoms. The molecule has 1 amide bonds. The van der Waals surface area contributed by atoms with Crippen LogP contribution in [0.15, 0.2) is 42.6 Å². The van der Waals surface area contributed by atoms with Crippen LogP contribution in [0.25, 0.3) is 11.0 Å². The lowest BCUT2D eigenvalue weighted by Gasteiger charge is -2.08. The number of nitrogens with one attached hydrogen (secondary N) is 1. The number of rotatable bonds is 3. The van der Waals surface area contributed by atoms with Crippen LogP contribution in [0.4, 0.5) is 18.2 Å². The Balaban J connectivity index is 1.75. The molecule has 1 N–H and O–H groups in total. The van der Waals surface area contributed by atoms with Crippen molar-refractivity contribution in [2.45, 2.75) is 12.6 Å². The van der Waals surface area contributed by atoms with Crippen LogP contribution in [0.2, 0.25) is 0 Å². The average molecular weight is 337 g/mol. The number of carbonyl (C=O) groups excluding carboxylic acids is 1. The summed E-state index contributed by atoms with van der Waals surface area (Å²) in [6.45, 7) is 0.